The molecule has 0 aromatic heterocycles. The first-order valence-corrected chi connectivity index (χ1v) is 8.50. The average molecular weight is 311 g/mol. The predicted molar refractivity (Wildman–Crippen MR) is 79.3 cm³/mol. The fraction of sp³-hybridized carbons (Fsp3) is 0.533. The Kier molecular flexibility index (Phi) is 4.68. The number of nitrogens with zero attached hydrogens (tertiary/aromatic N) is 1. The van der Waals surface area contributed by atoms with Gasteiger partial charge in [-0.05, 0) is 39.3 Å². The number of piperidine rings is 1. The molecule has 0 N–H and O–H groups in total. The lowest BCUT2D eigenvalue weighted by Crippen LogP contribution is -2.47. The molecule has 0 aliphatic carbocycles. The van der Waals surface area contributed by atoms with Crippen molar-refractivity contribution in [2.75, 3.05) is 6.54 Å². The van der Waals surface area contributed by atoms with Crippen LogP contribution in [0.4, 0.5) is 0 Å². The maximum atomic E-state index is 12.2. The van der Waals surface area contributed by atoms with E-state index in [4.69, 9.17) is 4.18 Å². The van der Waals surface area contributed by atoms with E-state index in [2.05, 4.69) is 0 Å². The van der Waals surface area contributed by atoms with Crippen molar-refractivity contribution in [1.82, 2.24) is 4.90 Å². The van der Waals surface area contributed by atoms with E-state index in [1.54, 1.807) is 29.2 Å². The summed E-state index contributed by atoms with van der Waals surface area (Å²) in [6.07, 6.45) is 0.288. The van der Waals surface area contributed by atoms with Gasteiger partial charge in [0.1, 0.15) is 0 Å². The van der Waals surface area contributed by atoms with Crippen LogP contribution in [0.25, 0.3) is 0 Å². The smallest absolute Gasteiger partial charge is 0.297 e. The Bertz CT molecular complexity index is 607. The summed E-state index contributed by atoms with van der Waals surface area (Å²) in [6.45, 7) is 6.04. The molecule has 21 heavy (non-hydrogen) atoms. The van der Waals surface area contributed by atoms with Gasteiger partial charge in [-0.3, -0.25) is 8.98 Å². The van der Waals surface area contributed by atoms with Gasteiger partial charge < -0.3 is 4.90 Å². The Morgan fingerprint density at radius 3 is 2.43 bits per heavy atom. The molecule has 1 aromatic carbocycles. The molecular formula is C15H21NO4S. The fourth-order valence-corrected chi connectivity index (χ4v) is 3.45. The Hall–Kier alpha value is -1.40. The molecule has 1 fully saturated rings. The normalized spacial score (nSPS) is 20.1. The number of likely N-dealkylation sites (tertiary alicyclic amines) is 1. The Balaban J connectivity index is 2.10. The van der Waals surface area contributed by atoms with Gasteiger partial charge in [0.2, 0.25) is 5.91 Å². The molecule has 2 rings (SSSR count). The minimum absolute atomic E-state index is 0.0472. The van der Waals surface area contributed by atoms with Gasteiger partial charge in [-0.1, -0.05) is 17.7 Å². The zero-order valence-corrected chi connectivity index (χ0v) is 13.4. The number of amides is 1. The Morgan fingerprint density at radius 2 is 1.86 bits per heavy atom. The molecule has 1 saturated heterocycles. The summed E-state index contributed by atoms with van der Waals surface area (Å²) in [5, 5.41) is 0. The molecule has 1 aromatic rings. The van der Waals surface area contributed by atoms with Crippen molar-refractivity contribution in [3.63, 3.8) is 0 Å². The van der Waals surface area contributed by atoms with Crippen molar-refractivity contribution in [2.24, 2.45) is 0 Å². The summed E-state index contributed by atoms with van der Waals surface area (Å²) in [5.74, 6) is 0.0533. The van der Waals surface area contributed by atoms with Crippen molar-refractivity contribution >= 4 is 16.0 Å². The second-order valence-corrected chi connectivity index (χ2v) is 7.24. The maximum absolute atomic E-state index is 12.2. The van der Waals surface area contributed by atoms with Crippen LogP contribution in [0.1, 0.15) is 32.3 Å². The van der Waals surface area contributed by atoms with E-state index in [0.29, 0.717) is 19.4 Å². The third-order valence-electron chi connectivity index (χ3n) is 3.60. The average Bonchev–Trinajstić information content (AvgIpc) is 2.41. The number of hydrogen-bond donors (Lipinski definition) is 0. The summed E-state index contributed by atoms with van der Waals surface area (Å²) in [4.78, 5) is 13.6. The second-order valence-electron chi connectivity index (χ2n) is 5.66. The molecule has 116 valence electrons. The van der Waals surface area contributed by atoms with Crippen LogP contribution in [0.15, 0.2) is 29.2 Å². The molecule has 5 nitrogen and oxygen atoms in total. The summed E-state index contributed by atoms with van der Waals surface area (Å²) >= 11 is 0. The minimum atomic E-state index is -3.78. The number of hydrogen-bond acceptors (Lipinski definition) is 4. The zero-order chi connectivity index (χ0) is 15.6. The highest BCUT2D eigenvalue weighted by Gasteiger charge is 2.31. The van der Waals surface area contributed by atoms with Gasteiger partial charge >= 0.3 is 0 Å². The number of benzene rings is 1. The first-order valence-electron chi connectivity index (χ1n) is 7.09. The topological polar surface area (TPSA) is 63.7 Å². The van der Waals surface area contributed by atoms with Crippen molar-refractivity contribution < 1.29 is 17.4 Å². The molecule has 1 aliphatic rings. The minimum Gasteiger partial charge on any atom is -0.338 e. The van der Waals surface area contributed by atoms with Crippen molar-refractivity contribution in [3.8, 4) is 0 Å². The number of carbonyl (C=O) groups is 1. The lowest BCUT2D eigenvalue weighted by Gasteiger charge is -2.34. The largest absolute Gasteiger partial charge is 0.338 e. The quantitative estimate of drug-likeness (QED) is 0.799. The molecule has 1 aliphatic heterocycles. The molecule has 0 spiro atoms. The SMILES string of the molecule is Cc1ccc(S(=O)(=O)OC2CCC(=O)N(C(C)C)C2)cc1. The highest BCUT2D eigenvalue weighted by atomic mass is 32.2. The van der Waals surface area contributed by atoms with Crippen molar-refractivity contribution in [1.29, 1.82) is 0 Å². The van der Waals surface area contributed by atoms with Crippen molar-refractivity contribution in [3.05, 3.63) is 29.8 Å². The number of aryl methyl sites for hydroxylation is 1. The summed E-state index contributed by atoms with van der Waals surface area (Å²) in [7, 11) is -3.78. The van der Waals surface area contributed by atoms with E-state index in [1.807, 2.05) is 20.8 Å². The Morgan fingerprint density at radius 1 is 1.24 bits per heavy atom. The summed E-state index contributed by atoms with van der Waals surface area (Å²) in [6, 6.07) is 6.60. The molecule has 0 saturated carbocycles. The standard InChI is InChI=1S/C15H21NO4S/c1-11(2)16-10-13(6-9-15(16)17)20-21(18,19)14-7-4-12(3)5-8-14/h4-5,7-8,11,13H,6,9-10H2,1-3H3. The summed E-state index contributed by atoms with van der Waals surface area (Å²) < 4.78 is 29.8. The zero-order valence-electron chi connectivity index (χ0n) is 12.6. The monoisotopic (exact) mass is 311 g/mol. The van der Waals surface area contributed by atoms with Crippen LogP contribution < -0.4 is 0 Å². The van der Waals surface area contributed by atoms with E-state index in [0.717, 1.165) is 5.56 Å². The van der Waals surface area contributed by atoms with E-state index < -0.39 is 16.2 Å². The van der Waals surface area contributed by atoms with Gasteiger partial charge in [0.25, 0.3) is 10.1 Å². The van der Waals surface area contributed by atoms with Gasteiger partial charge in [-0.2, -0.15) is 8.42 Å². The molecule has 0 radical (unpaired) electrons. The van der Waals surface area contributed by atoms with Crippen LogP contribution in [0.5, 0.6) is 0 Å². The van der Waals surface area contributed by atoms with E-state index in [9.17, 15) is 13.2 Å². The molecule has 0 bridgehead atoms. The van der Waals surface area contributed by atoms with Gasteiger partial charge in [0.05, 0.1) is 11.0 Å². The first-order chi connectivity index (χ1) is 9.79. The molecule has 1 amide bonds. The first kappa shape index (κ1) is 16.0. The number of carbonyl (C=O) groups excluding carboxylic acids is 1. The van der Waals surface area contributed by atoms with E-state index in [1.165, 1.54) is 0 Å². The van der Waals surface area contributed by atoms with Crippen molar-refractivity contribution in [2.45, 2.75) is 50.7 Å². The second kappa shape index (κ2) is 6.15. The van der Waals surface area contributed by atoms with Crippen LogP contribution in [0.3, 0.4) is 0 Å². The summed E-state index contributed by atoms with van der Waals surface area (Å²) in [5.41, 5.74) is 0.989. The van der Waals surface area contributed by atoms with Crippen LogP contribution in [0.2, 0.25) is 0 Å². The van der Waals surface area contributed by atoms with Crippen LogP contribution in [-0.2, 0) is 19.1 Å². The van der Waals surface area contributed by atoms with E-state index in [-0.39, 0.29) is 16.8 Å². The van der Waals surface area contributed by atoms with Gasteiger partial charge in [-0.25, -0.2) is 0 Å². The third kappa shape index (κ3) is 3.83. The lowest BCUT2D eigenvalue weighted by atomic mass is 10.1. The fourth-order valence-electron chi connectivity index (χ4n) is 2.36. The lowest BCUT2D eigenvalue weighted by molar-refractivity contribution is -0.138. The highest BCUT2D eigenvalue weighted by Crippen LogP contribution is 2.22. The van der Waals surface area contributed by atoms with Gasteiger partial charge in [0, 0.05) is 19.0 Å². The van der Waals surface area contributed by atoms with Gasteiger partial charge in [0.15, 0.2) is 0 Å². The Labute approximate surface area is 126 Å². The predicted octanol–water partition coefficient (Wildman–Crippen LogP) is 2.10. The van der Waals surface area contributed by atoms with Crippen LogP contribution >= 0.6 is 0 Å². The molecule has 6 heteroatoms. The number of rotatable bonds is 4. The molecule has 1 unspecified atom stereocenters. The highest BCUT2D eigenvalue weighted by molar-refractivity contribution is 7.86. The van der Waals surface area contributed by atoms with Crippen LogP contribution in [-0.4, -0.2) is 37.9 Å². The maximum Gasteiger partial charge on any atom is 0.297 e. The molecule has 1 atom stereocenters. The molecular weight excluding hydrogens is 290 g/mol. The van der Waals surface area contributed by atoms with Crippen LogP contribution in [0, 0.1) is 6.92 Å². The molecule has 1 heterocycles. The van der Waals surface area contributed by atoms with Gasteiger partial charge in [-0.15, -0.1) is 0 Å². The third-order valence-corrected chi connectivity index (χ3v) is 4.97. The van der Waals surface area contributed by atoms with E-state index >= 15 is 0 Å².